The van der Waals surface area contributed by atoms with Gasteiger partial charge in [0, 0.05) is 6.07 Å². The van der Waals surface area contributed by atoms with Gasteiger partial charge in [-0.15, -0.1) is 11.6 Å². The molecule has 0 bridgehead atoms. The molecule has 5 nitrogen and oxygen atoms in total. The number of hydrogen-bond acceptors (Lipinski definition) is 5. The van der Waals surface area contributed by atoms with Crippen LogP contribution >= 0.6 is 23.2 Å². The van der Waals surface area contributed by atoms with Crippen LogP contribution in [0.25, 0.3) is 0 Å². The Bertz CT molecular complexity index is 401. The number of nitrogens with zero attached hydrogens (tertiary/aromatic N) is 1. The highest BCUT2D eigenvalue weighted by Crippen LogP contribution is 2.21. The fraction of sp³-hybridized carbons (Fsp3) is 0.400. The first kappa shape index (κ1) is 13.9. The smallest absolute Gasteiger partial charge is 0.348 e. The molecule has 1 aromatic heterocycles. The number of ether oxygens (including phenoxy) is 2. The Morgan fingerprint density at radius 3 is 2.88 bits per heavy atom. The molecule has 0 aliphatic rings. The molecule has 0 spiro atoms. The van der Waals surface area contributed by atoms with E-state index in [9.17, 15) is 4.79 Å². The number of anilines is 1. The van der Waals surface area contributed by atoms with Crippen LogP contribution in [0.15, 0.2) is 12.3 Å². The molecule has 7 heteroatoms. The van der Waals surface area contributed by atoms with Gasteiger partial charge in [-0.1, -0.05) is 11.6 Å². The van der Waals surface area contributed by atoms with Crippen molar-refractivity contribution in [3.05, 3.63) is 17.3 Å². The second-order valence-corrected chi connectivity index (χ2v) is 3.77. The van der Waals surface area contributed by atoms with Gasteiger partial charge in [-0.2, -0.15) is 0 Å². The number of nitrogens with two attached hydrogens (primary N) is 1. The molecule has 1 aromatic rings. The zero-order valence-corrected chi connectivity index (χ0v) is 10.7. The molecule has 17 heavy (non-hydrogen) atoms. The summed E-state index contributed by atoms with van der Waals surface area (Å²) in [6, 6.07) is 1.42. The summed E-state index contributed by atoms with van der Waals surface area (Å²) in [6.07, 6.45) is 0.424. The van der Waals surface area contributed by atoms with E-state index in [0.717, 1.165) is 0 Å². The van der Waals surface area contributed by atoms with Crippen LogP contribution in [0.2, 0.25) is 5.02 Å². The number of pyridine rings is 1. The summed E-state index contributed by atoms with van der Waals surface area (Å²) in [5.41, 5.74) is 5.89. The SMILES string of the molecule is CCOC(=O)C(CCl)Oc1cc(N)c(Cl)cn1. The highest BCUT2D eigenvalue weighted by Gasteiger charge is 2.21. The van der Waals surface area contributed by atoms with Gasteiger partial charge in [-0.05, 0) is 6.92 Å². The molecule has 0 amide bonds. The third-order valence-electron chi connectivity index (χ3n) is 1.81. The van der Waals surface area contributed by atoms with Crippen LogP contribution in [-0.4, -0.2) is 29.5 Å². The highest BCUT2D eigenvalue weighted by atomic mass is 35.5. The summed E-state index contributed by atoms with van der Waals surface area (Å²) < 4.78 is 10.0. The van der Waals surface area contributed by atoms with Gasteiger partial charge in [-0.25, -0.2) is 9.78 Å². The Hall–Kier alpha value is -1.20. The van der Waals surface area contributed by atoms with Crippen molar-refractivity contribution in [3.63, 3.8) is 0 Å². The molecule has 0 aliphatic carbocycles. The maximum atomic E-state index is 11.4. The van der Waals surface area contributed by atoms with E-state index >= 15 is 0 Å². The predicted molar refractivity (Wildman–Crippen MR) is 65.4 cm³/mol. The summed E-state index contributed by atoms with van der Waals surface area (Å²) >= 11 is 11.3. The minimum Gasteiger partial charge on any atom is -0.463 e. The summed E-state index contributed by atoms with van der Waals surface area (Å²) in [4.78, 5) is 15.3. The molecule has 0 radical (unpaired) electrons. The molecule has 1 unspecified atom stereocenters. The number of nitrogen functional groups attached to an aromatic ring is 1. The standard InChI is InChI=1S/C10H12Cl2N2O3/c1-2-16-10(15)8(4-11)17-9-3-7(13)6(12)5-14-9/h3,5,8H,2,4H2,1H3,(H2,13,14). The van der Waals surface area contributed by atoms with E-state index in [1.807, 2.05) is 0 Å². The summed E-state index contributed by atoms with van der Waals surface area (Å²) in [7, 11) is 0. The topological polar surface area (TPSA) is 74.4 Å². The lowest BCUT2D eigenvalue weighted by molar-refractivity contribution is -0.150. The number of esters is 1. The van der Waals surface area contributed by atoms with Crippen LogP contribution in [0.4, 0.5) is 5.69 Å². The molecule has 94 valence electrons. The lowest BCUT2D eigenvalue weighted by atomic mass is 10.4. The number of carbonyl (C=O) groups excluding carboxylic acids is 1. The number of carbonyl (C=O) groups is 1. The fourth-order valence-corrected chi connectivity index (χ4v) is 1.31. The van der Waals surface area contributed by atoms with E-state index in [4.69, 9.17) is 38.4 Å². The fourth-order valence-electron chi connectivity index (χ4n) is 1.02. The molecule has 1 heterocycles. The van der Waals surface area contributed by atoms with E-state index in [2.05, 4.69) is 4.98 Å². The Morgan fingerprint density at radius 1 is 1.65 bits per heavy atom. The predicted octanol–water partition coefficient (Wildman–Crippen LogP) is 1.87. The minimum absolute atomic E-state index is 0.0386. The number of hydrogen-bond donors (Lipinski definition) is 1. The average Bonchev–Trinajstić information content (AvgIpc) is 2.30. The van der Waals surface area contributed by atoms with Crippen molar-refractivity contribution in [2.24, 2.45) is 0 Å². The lowest BCUT2D eigenvalue weighted by Crippen LogP contribution is -2.31. The average molecular weight is 279 g/mol. The van der Waals surface area contributed by atoms with Crippen LogP contribution in [0.5, 0.6) is 5.88 Å². The summed E-state index contributed by atoms with van der Waals surface area (Å²) in [6.45, 7) is 1.95. The van der Waals surface area contributed by atoms with Gasteiger partial charge in [-0.3, -0.25) is 0 Å². The normalized spacial score (nSPS) is 11.9. The van der Waals surface area contributed by atoms with Crippen molar-refractivity contribution in [1.82, 2.24) is 4.98 Å². The monoisotopic (exact) mass is 278 g/mol. The number of rotatable bonds is 5. The van der Waals surface area contributed by atoms with E-state index in [1.54, 1.807) is 6.92 Å². The number of aromatic nitrogens is 1. The molecule has 1 rings (SSSR count). The van der Waals surface area contributed by atoms with Crippen LogP contribution in [-0.2, 0) is 9.53 Å². The third-order valence-corrected chi connectivity index (χ3v) is 2.41. The quantitative estimate of drug-likeness (QED) is 0.657. The minimum atomic E-state index is -0.912. The first-order valence-electron chi connectivity index (χ1n) is 4.88. The van der Waals surface area contributed by atoms with Gasteiger partial charge in [0.2, 0.25) is 12.0 Å². The first-order chi connectivity index (χ1) is 8.08. The van der Waals surface area contributed by atoms with Gasteiger partial charge >= 0.3 is 5.97 Å². The molecule has 0 fully saturated rings. The van der Waals surface area contributed by atoms with Crippen LogP contribution in [0, 0.1) is 0 Å². The van der Waals surface area contributed by atoms with Gasteiger partial charge in [0.15, 0.2) is 0 Å². The van der Waals surface area contributed by atoms with Crippen molar-refractivity contribution >= 4 is 34.9 Å². The largest absolute Gasteiger partial charge is 0.463 e. The highest BCUT2D eigenvalue weighted by molar-refractivity contribution is 6.32. The van der Waals surface area contributed by atoms with E-state index in [0.29, 0.717) is 10.7 Å². The molecule has 0 aliphatic heterocycles. The zero-order chi connectivity index (χ0) is 12.8. The molecule has 0 saturated carbocycles. The second-order valence-electron chi connectivity index (χ2n) is 3.06. The molecular weight excluding hydrogens is 267 g/mol. The van der Waals surface area contributed by atoms with Gasteiger partial charge in [0.1, 0.15) is 0 Å². The van der Waals surface area contributed by atoms with E-state index in [1.165, 1.54) is 12.3 Å². The van der Waals surface area contributed by atoms with Gasteiger partial charge < -0.3 is 15.2 Å². The van der Waals surface area contributed by atoms with Gasteiger partial charge in [0.05, 0.1) is 29.4 Å². The van der Waals surface area contributed by atoms with Crippen molar-refractivity contribution in [2.75, 3.05) is 18.2 Å². The van der Waals surface area contributed by atoms with Crippen molar-refractivity contribution in [2.45, 2.75) is 13.0 Å². The van der Waals surface area contributed by atoms with Crippen molar-refractivity contribution in [3.8, 4) is 5.88 Å². The van der Waals surface area contributed by atoms with Crippen molar-refractivity contribution < 1.29 is 14.3 Å². The van der Waals surface area contributed by atoms with E-state index < -0.39 is 12.1 Å². The summed E-state index contributed by atoms with van der Waals surface area (Å²) in [5.74, 6) is -0.410. The Kier molecular flexibility index (Phi) is 5.31. The van der Waals surface area contributed by atoms with Crippen LogP contribution < -0.4 is 10.5 Å². The first-order valence-corrected chi connectivity index (χ1v) is 5.80. The zero-order valence-electron chi connectivity index (χ0n) is 9.15. The molecule has 0 aromatic carbocycles. The molecule has 0 saturated heterocycles. The number of halogens is 2. The van der Waals surface area contributed by atoms with Gasteiger partial charge in [0.25, 0.3) is 0 Å². The van der Waals surface area contributed by atoms with Crippen LogP contribution in [0.3, 0.4) is 0 Å². The second kappa shape index (κ2) is 6.51. The molecule has 2 N–H and O–H groups in total. The third kappa shape index (κ3) is 3.94. The maximum Gasteiger partial charge on any atom is 0.348 e. The maximum absolute atomic E-state index is 11.4. The Labute approximate surface area is 109 Å². The van der Waals surface area contributed by atoms with Crippen LogP contribution in [0.1, 0.15) is 6.92 Å². The van der Waals surface area contributed by atoms with Crippen molar-refractivity contribution in [1.29, 1.82) is 0 Å². The Morgan fingerprint density at radius 2 is 2.35 bits per heavy atom. The van der Waals surface area contributed by atoms with E-state index in [-0.39, 0.29) is 18.4 Å². The Balaban J connectivity index is 2.73. The summed E-state index contributed by atoms with van der Waals surface area (Å²) in [5, 5.41) is 0.316. The lowest BCUT2D eigenvalue weighted by Gasteiger charge is -2.14. The molecule has 1 atom stereocenters. The number of alkyl halides is 1. The molecular formula is C10H12Cl2N2O3.